The van der Waals surface area contributed by atoms with Crippen molar-refractivity contribution in [2.75, 3.05) is 0 Å². The van der Waals surface area contributed by atoms with Crippen LogP contribution in [0.5, 0.6) is 0 Å². The van der Waals surface area contributed by atoms with Gasteiger partial charge >= 0.3 is 0 Å². The number of hydrogen-bond acceptors (Lipinski definition) is 2. The van der Waals surface area contributed by atoms with Crippen LogP contribution in [-0.4, -0.2) is 12.1 Å². The maximum atomic E-state index is 12.8. The molecule has 1 fully saturated rings. The van der Waals surface area contributed by atoms with E-state index in [1.807, 2.05) is 12.1 Å². The molecule has 0 spiro atoms. The highest BCUT2D eigenvalue weighted by atomic mass is 16.1. The van der Waals surface area contributed by atoms with Crippen molar-refractivity contribution in [3.05, 3.63) is 70.8 Å². The minimum Gasteiger partial charge on any atom is -0.298 e. The van der Waals surface area contributed by atoms with Crippen molar-refractivity contribution in [3.63, 3.8) is 0 Å². The lowest BCUT2D eigenvalue weighted by atomic mass is 9.78. The van der Waals surface area contributed by atoms with Crippen LogP contribution in [0, 0.1) is 18.8 Å². The summed E-state index contributed by atoms with van der Waals surface area (Å²) in [7, 11) is 0. The number of carbonyl (C=O) groups excluding carboxylic acids is 2. The van der Waals surface area contributed by atoms with Gasteiger partial charge in [0.1, 0.15) is 0 Å². The molecule has 1 saturated carbocycles. The molecule has 5 aromatic carbocycles. The predicted octanol–water partition coefficient (Wildman–Crippen LogP) is 8.43. The molecule has 0 amide bonds. The van der Waals surface area contributed by atoms with Gasteiger partial charge in [0.15, 0.2) is 12.1 Å². The zero-order valence-corrected chi connectivity index (χ0v) is 20.2. The van der Waals surface area contributed by atoms with Crippen LogP contribution in [0.2, 0.25) is 0 Å². The van der Waals surface area contributed by atoms with Gasteiger partial charge in [0.2, 0.25) is 0 Å². The molecule has 170 valence electrons. The van der Waals surface area contributed by atoms with Crippen LogP contribution in [0.15, 0.2) is 48.5 Å². The average Bonchev–Trinajstić information content (AvgIpc) is 2.84. The first-order chi connectivity index (χ1) is 16.5. The number of benzene rings is 5. The molecule has 0 heterocycles. The maximum absolute atomic E-state index is 12.8. The molecule has 2 heteroatoms. The van der Waals surface area contributed by atoms with Gasteiger partial charge in [-0.05, 0) is 99.2 Å². The number of carbonyl (C=O) groups is 2. The predicted molar refractivity (Wildman–Crippen MR) is 143 cm³/mol. The standard InChI is InChI=1S/C32H30O2/c1-18-4-7-21(8-5-18)16-22-9-12-27-26-13-10-23(17-33)29-19(2)6-11-25(31(26)29)28-15-14-24(20(3)34)30(22)32(27)28/h6,9-15,17-18,21H,4-5,7-8,16H2,1-3H3. The summed E-state index contributed by atoms with van der Waals surface area (Å²) in [5.74, 6) is 1.64. The van der Waals surface area contributed by atoms with Gasteiger partial charge in [0.05, 0.1) is 0 Å². The molecule has 0 aromatic heterocycles. The summed E-state index contributed by atoms with van der Waals surface area (Å²) in [4.78, 5) is 24.7. The van der Waals surface area contributed by atoms with E-state index in [1.54, 1.807) is 6.92 Å². The quantitative estimate of drug-likeness (QED) is 0.120. The number of Topliss-reactive ketones (excluding diaryl/α,β-unsaturated/α-hetero) is 1. The molecule has 6 rings (SSSR count). The molecule has 0 radical (unpaired) electrons. The van der Waals surface area contributed by atoms with E-state index >= 15 is 0 Å². The van der Waals surface area contributed by atoms with E-state index in [9.17, 15) is 9.59 Å². The second-order valence-corrected chi connectivity index (χ2v) is 10.6. The third-order valence-electron chi connectivity index (χ3n) is 8.38. The van der Waals surface area contributed by atoms with Crippen molar-refractivity contribution in [3.8, 4) is 0 Å². The Morgan fingerprint density at radius 1 is 0.794 bits per heavy atom. The van der Waals surface area contributed by atoms with Crippen LogP contribution < -0.4 is 0 Å². The average molecular weight is 447 g/mol. The first-order valence-corrected chi connectivity index (χ1v) is 12.6. The Hall–Kier alpha value is -3.26. The zero-order valence-electron chi connectivity index (χ0n) is 20.2. The number of aryl methyl sites for hydroxylation is 1. The normalized spacial score (nSPS) is 18.9. The topological polar surface area (TPSA) is 34.1 Å². The second-order valence-electron chi connectivity index (χ2n) is 10.6. The summed E-state index contributed by atoms with van der Waals surface area (Å²) in [5, 5.41) is 9.21. The lowest BCUT2D eigenvalue weighted by Crippen LogP contribution is -2.15. The van der Waals surface area contributed by atoms with Gasteiger partial charge in [-0.15, -0.1) is 0 Å². The van der Waals surface area contributed by atoms with Crippen molar-refractivity contribution in [2.45, 2.75) is 52.9 Å². The lowest BCUT2D eigenvalue weighted by Gasteiger charge is -2.27. The summed E-state index contributed by atoms with van der Waals surface area (Å²) in [6, 6.07) is 17.0. The summed E-state index contributed by atoms with van der Waals surface area (Å²) in [6.07, 6.45) is 7.16. The van der Waals surface area contributed by atoms with E-state index in [-0.39, 0.29) is 5.78 Å². The molecule has 0 saturated heterocycles. The van der Waals surface area contributed by atoms with Crippen LogP contribution in [0.25, 0.3) is 43.1 Å². The van der Waals surface area contributed by atoms with Gasteiger partial charge in [-0.2, -0.15) is 0 Å². The van der Waals surface area contributed by atoms with Crippen molar-refractivity contribution < 1.29 is 9.59 Å². The third kappa shape index (κ3) is 3.08. The van der Waals surface area contributed by atoms with E-state index in [2.05, 4.69) is 50.2 Å². The van der Waals surface area contributed by atoms with Crippen LogP contribution >= 0.6 is 0 Å². The van der Waals surface area contributed by atoms with E-state index in [1.165, 1.54) is 47.4 Å². The van der Waals surface area contributed by atoms with Crippen molar-refractivity contribution in [1.82, 2.24) is 0 Å². The number of rotatable bonds is 4. The van der Waals surface area contributed by atoms with Gasteiger partial charge in [-0.1, -0.05) is 68.3 Å². The summed E-state index contributed by atoms with van der Waals surface area (Å²) in [5.41, 5.74) is 3.99. The van der Waals surface area contributed by atoms with E-state index in [4.69, 9.17) is 0 Å². The van der Waals surface area contributed by atoms with E-state index < -0.39 is 0 Å². The minimum atomic E-state index is 0.123. The molecule has 0 N–H and O–H groups in total. The van der Waals surface area contributed by atoms with Gasteiger partial charge in [0, 0.05) is 11.1 Å². The molecular weight excluding hydrogens is 416 g/mol. The monoisotopic (exact) mass is 446 g/mol. The maximum Gasteiger partial charge on any atom is 0.160 e. The second kappa shape index (κ2) is 7.91. The van der Waals surface area contributed by atoms with Crippen LogP contribution in [0.1, 0.15) is 71.4 Å². The summed E-state index contributed by atoms with van der Waals surface area (Å²) >= 11 is 0. The first kappa shape index (κ1) is 21.3. The molecule has 0 unspecified atom stereocenters. The van der Waals surface area contributed by atoms with Crippen molar-refractivity contribution >= 4 is 55.2 Å². The lowest BCUT2D eigenvalue weighted by molar-refractivity contribution is 0.101. The highest BCUT2D eigenvalue weighted by Crippen LogP contribution is 2.44. The van der Waals surface area contributed by atoms with Crippen LogP contribution in [-0.2, 0) is 6.42 Å². The number of aldehydes is 1. The fourth-order valence-electron chi connectivity index (χ4n) is 6.57. The first-order valence-electron chi connectivity index (χ1n) is 12.6. The Labute approximate surface area is 200 Å². The summed E-state index contributed by atoms with van der Waals surface area (Å²) in [6.45, 7) is 6.13. The fourth-order valence-corrected chi connectivity index (χ4v) is 6.57. The molecule has 5 aromatic rings. The Morgan fingerprint density at radius 2 is 1.38 bits per heavy atom. The fraction of sp³-hybridized carbons (Fsp3) is 0.312. The number of ketones is 1. The Morgan fingerprint density at radius 3 is 2.03 bits per heavy atom. The molecule has 0 atom stereocenters. The Bertz CT molecular complexity index is 1580. The van der Waals surface area contributed by atoms with Crippen molar-refractivity contribution in [1.29, 1.82) is 0 Å². The van der Waals surface area contributed by atoms with Crippen LogP contribution in [0.3, 0.4) is 0 Å². The van der Waals surface area contributed by atoms with E-state index in [0.717, 1.165) is 62.2 Å². The smallest absolute Gasteiger partial charge is 0.160 e. The van der Waals surface area contributed by atoms with Gasteiger partial charge in [0.25, 0.3) is 0 Å². The molecule has 0 bridgehead atoms. The molecule has 0 aliphatic heterocycles. The van der Waals surface area contributed by atoms with Crippen LogP contribution in [0.4, 0.5) is 0 Å². The molecule has 1 aliphatic carbocycles. The molecule has 1 aliphatic rings. The third-order valence-corrected chi connectivity index (χ3v) is 8.38. The summed E-state index contributed by atoms with van der Waals surface area (Å²) < 4.78 is 0. The molecule has 34 heavy (non-hydrogen) atoms. The Balaban J connectivity index is 1.72. The number of fused-ring (bicyclic) bond motifs is 2. The largest absolute Gasteiger partial charge is 0.298 e. The SMILES string of the molecule is CC(=O)c1ccc2c3ccc(C)c4c(C=O)ccc(c5ccc(CC6CCC(C)CC6)c1c52)c43. The van der Waals surface area contributed by atoms with E-state index in [0.29, 0.717) is 5.92 Å². The Kier molecular flexibility index (Phi) is 4.95. The minimum absolute atomic E-state index is 0.123. The van der Waals surface area contributed by atoms with Gasteiger partial charge in [-0.3, -0.25) is 9.59 Å². The zero-order chi connectivity index (χ0) is 23.6. The highest BCUT2D eigenvalue weighted by molar-refractivity contribution is 6.35. The van der Waals surface area contributed by atoms with Gasteiger partial charge < -0.3 is 0 Å². The number of hydrogen-bond donors (Lipinski definition) is 0. The molecular formula is C32H30O2. The molecule has 2 nitrogen and oxygen atoms in total. The van der Waals surface area contributed by atoms with Gasteiger partial charge in [-0.25, -0.2) is 0 Å². The highest BCUT2D eigenvalue weighted by Gasteiger charge is 2.23. The van der Waals surface area contributed by atoms with Crippen molar-refractivity contribution in [2.24, 2.45) is 11.8 Å².